The van der Waals surface area contributed by atoms with E-state index in [2.05, 4.69) is 5.32 Å². The Morgan fingerprint density at radius 3 is 2.67 bits per heavy atom. The van der Waals surface area contributed by atoms with Crippen LogP contribution in [0.25, 0.3) is 11.0 Å². The molecule has 1 aromatic heterocycles. The van der Waals surface area contributed by atoms with Crippen LogP contribution in [0.15, 0.2) is 40.8 Å². The maximum atomic E-state index is 12.7. The first-order valence-corrected chi connectivity index (χ1v) is 8.71. The highest BCUT2D eigenvalue weighted by Crippen LogP contribution is 2.33. The third-order valence-corrected chi connectivity index (χ3v) is 4.39. The van der Waals surface area contributed by atoms with E-state index < -0.39 is 0 Å². The molecule has 1 amide bonds. The minimum absolute atomic E-state index is 0.218. The average Bonchev–Trinajstić information content (AvgIpc) is 3.01. The maximum absolute atomic E-state index is 12.7. The van der Waals surface area contributed by atoms with Crippen molar-refractivity contribution in [2.75, 3.05) is 32.8 Å². The molecule has 3 aromatic rings. The Balaban J connectivity index is 1.84. The summed E-state index contributed by atoms with van der Waals surface area (Å²) in [7, 11) is 3.15. The summed E-state index contributed by atoms with van der Waals surface area (Å²) in [5.41, 5.74) is 1.79. The summed E-state index contributed by atoms with van der Waals surface area (Å²) in [6, 6.07) is 10.6. The van der Waals surface area contributed by atoms with E-state index in [0.29, 0.717) is 41.0 Å². The first-order chi connectivity index (χ1) is 13.0. The van der Waals surface area contributed by atoms with Crippen molar-refractivity contribution in [1.29, 1.82) is 0 Å². The Kier molecular flexibility index (Phi) is 5.88. The largest absolute Gasteiger partial charge is 0.493 e. The molecule has 0 aliphatic heterocycles. The Hall–Kier alpha value is -2.70. The quantitative estimate of drug-likeness (QED) is 0.594. The molecular weight excluding hydrogens is 370 g/mol. The SMILES string of the molecule is COCCOc1cc(NC(=O)c2oc3c(Cl)cccc3c2C)ccc1OC. The van der Waals surface area contributed by atoms with Gasteiger partial charge in [0.05, 0.1) is 18.7 Å². The molecule has 0 aliphatic carbocycles. The second-order valence-electron chi connectivity index (χ2n) is 5.83. The van der Waals surface area contributed by atoms with E-state index in [1.807, 2.05) is 19.1 Å². The van der Waals surface area contributed by atoms with Gasteiger partial charge in [0.1, 0.15) is 6.61 Å². The summed E-state index contributed by atoms with van der Waals surface area (Å²) in [4.78, 5) is 12.7. The number of carbonyl (C=O) groups is 1. The minimum Gasteiger partial charge on any atom is -0.493 e. The van der Waals surface area contributed by atoms with E-state index in [0.717, 1.165) is 10.9 Å². The van der Waals surface area contributed by atoms with Crippen molar-refractivity contribution < 1.29 is 23.4 Å². The number of hydrogen-bond donors (Lipinski definition) is 1. The predicted octanol–water partition coefficient (Wildman–Crippen LogP) is 4.68. The molecule has 0 radical (unpaired) electrons. The molecule has 7 heteroatoms. The van der Waals surface area contributed by atoms with Crippen LogP contribution < -0.4 is 14.8 Å². The summed E-state index contributed by atoms with van der Waals surface area (Å²) in [5.74, 6) is 0.927. The van der Waals surface area contributed by atoms with Crippen LogP contribution in [0.3, 0.4) is 0 Å². The Labute approximate surface area is 162 Å². The Morgan fingerprint density at radius 1 is 1.15 bits per heavy atom. The Morgan fingerprint density at radius 2 is 1.96 bits per heavy atom. The van der Waals surface area contributed by atoms with Crippen molar-refractivity contribution in [1.82, 2.24) is 0 Å². The van der Waals surface area contributed by atoms with Gasteiger partial charge in [0.25, 0.3) is 5.91 Å². The Bertz CT molecular complexity index is 966. The number of amides is 1. The van der Waals surface area contributed by atoms with Crippen molar-refractivity contribution in [3.63, 3.8) is 0 Å². The van der Waals surface area contributed by atoms with Crippen LogP contribution in [0.5, 0.6) is 11.5 Å². The third kappa shape index (κ3) is 4.02. The topological polar surface area (TPSA) is 69.9 Å². The molecule has 1 heterocycles. The van der Waals surface area contributed by atoms with Crippen LogP contribution in [-0.4, -0.2) is 33.3 Å². The lowest BCUT2D eigenvalue weighted by Crippen LogP contribution is -2.12. The van der Waals surface area contributed by atoms with Gasteiger partial charge in [0.2, 0.25) is 0 Å². The number of fused-ring (bicyclic) bond motifs is 1. The second kappa shape index (κ2) is 8.33. The fourth-order valence-corrected chi connectivity index (χ4v) is 2.93. The van der Waals surface area contributed by atoms with E-state index >= 15 is 0 Å². The molecule has 0 saturated carbocycles. The van der Waals surface area contributed by atoms with E-state index in [4.69, 9.17) is 30.2 Å². The molecule has 0 fully saturated rings. The van der Waals surface area contributed by atoms with Crippen LogP contribution in [-0.2, 0) is 4.74 Å². The monoisotopic (exact) mass is 389 g/mol. The zero-order valence-electron chi connectivity index (χ0n) is 15.3. The number of furan rings is 1. The number of aryl methyl sites for hydroxylation is 1. The van der Waals surface area contributed by atoms with Crippen molar-refractivity contribution in [2.24, 2.45) is 0 Å². The van der Waals surface area contributed by atoms with E-state index in [1.54, 1.807) is 38.5 Å². The molecule has 0 atom stereocenters. The summed E-state index contributed by atoms with van der Waals surface area (Å²) in [5, 5.41) is 4.10. The highest BCUT2D eigenvalue weighted by Gasteiger charge is 2.19. The van der Waals surface area contributed by atoms with Gasteiger partial charge < -0.3 is 23.9 Å². The summed E-state index contributed by atoms with van der Waals surface area (Å²) in [6.07, 6.45) is 0. The van der Waals surface area contributed by atoms with Gasteiger partial charge >= 0.3 is 0 Å². The van der Waals surface area contributed by atoms with Gasteiger partial charge in [0, 0.05) is 29.8 Å². The van der Waals surface area contributed by atoms with Crippen molar-refractivity contribution in [2.45, 2.75) is 6.92 Å². The molecule has 1 N–H and O–H groups in total. The number of nitrogens with one attached hydrogen (secondary N) is 1. The van der Waals surface area contributed by atoms with Crippen LogP contribution in [0, 0.1) is 6.92 Å². The zero-order valence-corrected chi connectivity index (χ0v) is 16.1. The number of rotatable bonds is 7. The number of ether oxygens (including phenoxy) is 3. The van der Waals surface area contributed by atoms with Crippen LogP contribution in [0.4, 0.5) is 5.69 Å². The van der Waals surface area contributed by atoms with E-state index in [1.165, 1.54) is 0 Å². The number of anilines is 1. The van der Waals surface area contributed by atoms with E-state index in [9.17, 15) is 4.79 Å². The number of benzene rings is 2. The van der Waals surface area contributed by atoms with Crippen LogP contribution in [0.2, 0.25) is 5.02 Å². The maximum Gasteiger partial charge on any atom is 0.291 e. The predicted molar refractivity (Wildman–Crippen MR) is 104 cm³/mol. The number of hydrogen-bond acceptors (Lipinski definition) is 5. The van der Waals surface area contributed by atoms with Gasteiger partial charge in [-0.15, -0.1) is 0 Å². The number of methoxy groups -OCH3 is 2. The lowest BCUT2D eigenvalue weighted by Gasteiger charge is -2.12. The zero-order chi connectivity index (χ0) is 19.4. The lowest BCUT2D eigenvalue weighted by molar-refractivity contribution is 0.0998. The second-order valence-corrected chi connectivity index (χ2v) is 6.24. The molecule has 142 valence electrons. The smallest absolute Gasteiger partial charge is 0.291 e. The van der Waals surface area contributed by atoms with Gasteiger partial charge in [-0.05, 0) is 25.1 Å². The van der Waals surface area contributed by atoms with Gasteiger partial charge in [-0.25, -0.2) is 0 Å². The third-order valence-electron chi connectivity index (χ3n) is 4.09. The van der Waals surface area contributed by atoms with Crippen molar-refractivity contribution >= 4 is 34.2 Å². The highest BCUT2D eigenvalue weighted by molar-refractivity contribution is 6.35. The van der Waals surface area contributed by atoms with Gasteiger partial charge in [0.15, 0.2) is 22.8 Å². The normalized spacial score (nSPS) is 10.8. The molecule has 0 aliphatic rings. The fourth-order valence-electron chi connectivity index (χ4n) is 2.72. The molecule has 2 aromatic carbocycles. The summed E-state index contributed by atoms with van der Waals surface area (Å²) >= 11 is 6.16. The van der Waals surface area contributed by atoms with Gasteiger partial charge in [-0.3, -0.25) is 4.79 Å². The number of halogens is 1. The van der Waals surface area contributed by atoms with Gasteiger partial charge in [-0.1, -0.05) is 23.7 Å². The molecular formula is C20H20ClNO5. The van der Waals surface area contributed by atoms with Crippen LogP contribution >= 0.6 is 11.6 Å². The molecule has 27 heavy (non-hydrogen) atoms. The number of carbonyl (C=O) groups excluding carboxylic acids is 1. The van der Waals surface area contributed by atoms with Crippen LogP contribution in [0.1, 0.15) is 16.1 Å². The van der Waals surface area contributed by atoms with Crippen molar-refractivity contribution in [3.8, 4) is 11.5 Å². The molecule has 0 bridgehead atoms. The summed E-state index contributed by atoms with van der Waals surface area (Å²) in [6.45, 7) is 2.63. The lowest BCUT2D eigenvalue weighted by atomic mass is 10.1. The first kappa shape index (κ1) is 19.1. The first-order valence-electron chi connectivity index (χ1n) is 8.34. The molecule has 0 spiro atoms. The molecule has 3 rings (SSSR count). The molecule has 6 nitrogen and oxygen atoms in total. The van der Waals surface area contributed by atoms with E-state index in [-0.39, 0.29) is 11.7 Å². The summed E-state index contributed by atoms with van der Waals surface area (Å²) < 4.78 is 21.6. The van der Waals surface area contributed by atoms with Crippen molar-refractivity contribution in [3.05, 3.63) is 52.7 Å². The molecule has 0 unspecified atom stereocenters. The minimum atomic E-state index is -0.368. The molecule has 0 saturated heterocycles. The standard InChI is InChI=1S/C20H20ClNO5/c1-12-14-5-4-6-15(21)19(14)27-18(12)20(23)22-13-7-8-16(25-3)17(11-13)26-10-9-24-2/h4-8,11H,9-10H2,1-3H3,(H,22,23). The fraction of sp³-hybridized carbons (Fsp3) is 0.250. The number of para-hydroxylation sites is 1. The average molecular weight is 390 g/mol. The highest BCUT2D eigenvalue weighted by atomic mass is 35.5. The van der Waals surface area contributed by atoms with Gasteiger partial charge in [-0.2, -0.15) is 0 Å².